The van der Waals surface area contributed by atoms with Crippen molar-refractivity contribution in [2.75, 3.05) is 26.4 Å². The standard InChI is InChI=1S/C27H50O5Si/c1-24(2,3)33(6,7)32-20-8-11-25(4,19(16-20)17-28)22-9-12-26(5)23(21(22)18-29)10-13-27(26)30-14-15-31-27/h19-23,28-29H,8-18H2,1-7H3/t19-,20+,21-,22+,23+,25+,26+/m1/s1. The third-order valence-corrected chi connectivity index (χ3v) is 15.8. The average Bonchev–Trinajstić information content (AvgIpc) is 3.34. The molecule has 4 rings (SSSR count). The second-order valence-corrected chi connectivity index (χ2v) is 18.4. The molecule has 192 valence electrons. The summed E-state index contributed by atoms with van der Waals surface area (Å²) in [5.74, 6) is 0.855. The van der Waals surface area contributed by atoms with Gasteiger partial charge in [-0.2, -0.15) is 0 Å². The first kappa shape index (κ1) is 26.1. The summed E-state index contributed by atoms with van der Waals surface area (Å²) in [6.45, 7) is 18.1. The summed E-state index contributed by atoms with van der Waals surface area (Å²) in [5, 5.41) is 21.4. The van der Waals surface area contributed by atoms with E-state index in [1.165, 1.54) is 0 Å². The van der Waals surface area contributed by atoms with E-state index < -0.39 is 14.1 Å². The highest BCUT2D eigenvalue weighted by molar-refractivity contribution is 6.74. The lowest BCUT2D eigenvalue weighted by Gasteiger charge is -2.58. The molecule has 3 aliphatic carbocycles. The van der Waals surface area contributed by atoms with Crippen molar-refractivity contribution in [3.8, 4) is 0 Å². The first-order valence-corrected chi connectivity index (χ1v) is 16.4. The minimum Gasteiger partial charge on any atom is -0.414 e. The normalized spacial score (nSPS) is 43.7. The molecule has 5 nitrogen and oxygen atoms in total. The number of hydrogen-bond donors (Lipinski definition) is 2. The molecule has 0 aromatic heterocycles. The molecular weight excluding hydrogens is 432 g/mol. The van der Waals surface area contributed by atoms with Gasteiger partial charge < -0.3 is 24.1 Å². The maximum absolute atomic E-state index is 10.7. The monoisotopic (exact) mass is 482 g/mol. The molecule has 2 N–H and O–H groups in total. The van der Waals surface area contributed by atoms with Crippen molar-refractivity contribution in [1.82, 2.24) is 0 Å². The van der Waals surface area contributed by atoms with Gasteiger partial charge in [-0.05, 0) is 85.7 Å². The largest absolute Gasteiger partial charge is 0.414 e. The molecule has 0 aromatic carbocycles. The minimum absolute atomic E-state index is 0.0267. The van der Waals surface area contributed by atoms with Crippen molar-refractivity contribution in [3.05, 3.63) is 0 Å². The Labute approximate surface area is 203 Å². The molecule has 33 heavy (non-hydrogen) atoms. The molecule has 0 amide bonds. The van der Waals surface area contributed by atoms with Crippen LogP contribution in [0.4, 0.5) is 0 Å². The third kappa shape index (κ3) is 4.09. The van der Waals surface area contributed by atoms with Crippen LogP contribution in [0.15, 0.2) is 0 Å². The molecular formula is C27H50O5Si. The van der Waals surface area contributed by atoms with Gasteiger partial charge in [-0.1, -0.05) is 34.6 Å². The molecule has 1 heterocycles. The molecule has 6 heteroatoms. The zero-order chi connectivity index (χ0) is 24.3. The van der Waals surface area contributed by atoms with Crippen LogP contribution in [0.25, 0.3) is 0 Å². The Morgan fingerprint density at radius 3 is 2.12 bits per heavy atom. The Morgan fingerprint density at radius 2 is 1.55 bits per heavy atom. The van der Waals surface area contributed by atoms with Crippen LogP contribution in [0.5, 0.6) is 0 Å². The van der Waals surface area contributed by atoms with E-state index in [0.717, 1.165) is 44.9 Å². The number of hydrogen-bond acceptors (Lipinski definition) is 5. The Morgan fingerprint density at radius 1 is 0.909 bits per heavy atom. The Hall–Kier alpha value is 0.0169. The third-order valence-electron chi connectivity index (χ3n) is 11.3. The molecule has 0 aromatic rings. The van der Waals surface area contributed by atoms with E-state index in [1.54, 1.807) is 0 Å². The van der Waals surface area contributed by atoms with Gasteiger partial charge in [0.2, 0.25) is 0 Å². The quantitative estimate of drug-likeness (QED) is 0.517. The van der Waals surface area contributed by atoms with Crippen molar-refractivity contribution in [1.29, 1.82) is 0 Å². The second-order valence-electron chi connectivity index (χ2n) is 13.7. The van der Waals surface area contributed by atoms with Crippen LogP contribution in [-0.4, -0.2) is 56.8 Å². The highest BCUT2D eigenvalue weighted by Gasteiger charge is 2.66. The minimum atomic E-state index is -1.84. The van der Waals surface area contributed by atoms with Gasteiger partial charge in [0.25, 0.3) is 0 Å². The Kier molecular flexibility index (Phi) is 6.99. The zero-order valence-corrected chi connectivity index (χ0v) is 23.3. The molecule has 0 radical (unpaired) electrons. The number of fused-ring (bicyclic) bond motifs is 2. The smallest absolute Gasteiger partial charge is 0.192 e. The van der Waals surface area contributed by atoms with Crippen LogP contribution in [-0.2, 0) is 13.9 Å². The van der Waals surface area contributed by atoms with Crippen molar-refractivity contribution in [2.24, 2.45) is 34.5 Å². The van der Waals surface area contributed by atoms with Gasteiger partial charge in [0, 0.05) is 31.2 Å². The fraction of sp³-hybridized carbons (Fsp3) is 1.00. The Bertz CT molecular complexity index is 699. The van der Waals surface area contributed by atoms with Gasteiger partial charge >= 0.3 is 0 Å². The molecule has 1 aliphatic heterocycles. The van der Waals surface area contributed by atoms with Crippen molar-refractivity contribution in [2.45, 2.75) is 110 Å². The zero-order valence-electron chi connectivity index (χ0n) is 22.3. The summed E-state index contributed by atoms with van der Waals surface area (Å²) in [5.41, 5.74) is 0.00499. The summed E-state index contributed by atoms with van der Waals surface area (Å²) >= 11 is 0. The summed E-state index contributed by atoms with van der Waals surface area (Å²) in [4.78, 5) is 0. The Balaban J connectivity index is 1.52. The maximum atomic E-state index is 10.7. The van der Waals surface area contributed by atoms with E-state index in [0.29, 0.717) is 25.0 Å². The summed E-state index contributed by atoms with van der Waals surface area (Å²) in [6.07, 6.45) is 7.48. The lowest BCUT2D eigenvalue weighted by molar-refractivity contribution is -0.246. The van der Waals surface area contributed by atoms with Gasteiger partial charge in [0.1, 0.15) is 0 Å². The fourth-order valence-corrected chi connectivity index (χ4v) is 9.50. The van der Waals surface area contributed by atoms with Gasteiger partial charge in [-0.3, -0.25) is 0 Å². The number of aliphatic hydroxyl groups is 2. The van der Waals surface area contributed by atoms with Crippen molar-refractivity contribution in [3.63, 3.8) is 0 Å². The summed E-state index contributed by atoms with van der Waals surface area (Å²) in [7, 11) is -1.84. The fourth-order valence-electron chi connectivity index (χ4n) is 8.10. The first-order valence-electron chi connectivity index (χ1n) is 13.5. The van der Waals surface area contributed by atoms with Crippen LogP contribution in [0, 0.1) is 34.5 Å². The predicted molar refractivity (Wildman–Crippen MR) is 133 cm³/mol. The van der Waals surface area contributed by atoms with Crippen LogP contribution in [0.3, 0.4) is 0 Å². The average molecular weight is 483 g/mol. The SMILES string of the molecule is CC(C)(C)[Si](C)(C)O[C@H]1CC[C@](C)([C@H]2CC[C@@]3(C)[C@@H](CCC34OCCO4)[C@@H]2CO)[C@@H](CO)C1. The lowest BCUT2D eigenvalue weighted by atomic mass is 9.49. The van der Waals surface area contributed by atoms with Gasteiger partial charge in [-0.25, -0.2) is 0 Å². The van der Waals surface area contributed by atoms with E-state index in [1.807, 2.05) is 0 Å². The van der Waals surface area contributed by atoms with Gasteiger partial charge in [0.05, 0.1) is 13.2 Å². The number of aliphatic hydroxyl groups excluding tert-OH is 2. The van der Waals surface area contributed by atoms with E-state index in [-0.39, 0.29) is 47.0 Å². The molecule has 4 fully saturated rings. The lowest BCUT2D eigenvalue weighted by Crippen LogP contribution is -2.56. The van der Waals surface area contributed by atoms with E-state index in [4.69, 9.17) is 13.9 Å². The molecule has 7 atom stereocenters. The van der Waals surface area contributed by atoms with Crippen LogP contribution in [0.1, 0.15) is 79.6 Å². The van der Waals surface area contributed by atoms with Crippen molar-refractivity contribution < 1.29 is 24.1 Å². The van der Waals surface area contributed by atoms with Crippen LogP contribution in [0.2, 0.25) is 18.1 Å². The highest BCUT2D eigenvalue weighted by atomic mass is 28.4. The molecule has 1 spiro atoms. The summed E-state index contributed by atoms with van der Waals surface area (Å²) in [6, 6.07) is 0. The van der Waals surface area contributed by atoms with E-state index in [2.05, 4.69) is 47.7 Å². The summed E-state index contributed by atoms with van der Waals surface area (Å²) < 4.78 is 19.3. The molecule has 4 aliphatic rings. The molecule has 3 saturated carbocycles. The topological polar surface area (TPSA) is 68.2 Å². The highest BCUT2D eigenvalue weighted by Crippen LogP contribution is 2.66. The van der Waals surface area contributed by atoms with Crippen LogP contribution < -0.4 is 0 Å². The van der Waals surface area contributed by atoms with E-state index >= 15 is 0 Å². The molecule has 0 unspecified atom stereocenters. The maximum Gasteiger partial charge on any atom is 0.192 e. The van der Waals surface area contributed by atoms with Crippen molar-refractivity contribution >= 4 is 8.32 Å². The van der Waals surface area contributed by atoms with Gasteiger partial charge in [0.15, 0.2) is 14.1 Å². The predicted octanol–water partition coefficient (Wildman–Crippen LogP) is 5.35. The van der Waals surface area contributed by atoms with Gasteiger partial charge in [-0.15, -0.1) is 0 Å². The number of ether oxygens (including phenoxy) is 2. The second kappa shape index (κ2) is 8.84. The molecule has 1 saturated heterocycles. The number of rotatable bonds is 5. The van der Waals surface area contributed by atoms with Crippen LogP contribution >= 0.6 is 0 Å². The van der Waals surface area contributed by atoms with E-state index in [9.17, 15) is 10.2 Å². The first-order chi connectivity index (χ1) is 15.3. The molecule has 0 bridgehead atoms.